The monoisotopic (exact) mass is 356 g/mol. The van der Waals surface area contributed by atoms with Crippen LogP contribution in [0.4, 0.5) is 5.82 Å². The third kappa shape index (κ3) is 2.86. The highest BCUT2D eigenvalue weighted by molar-refractivity contribution is 6.02. The summed E-state index contributed by atoms with van der Waals surface area (Å²) >= 11 is 0. The molecule has 0 bridgehead atoms. The summed E-state index contributed by atoms with van der Waals surface area (Å²) in [6.07, 6.45) is 3.84. The molecule has 134 valence electrons. The second-order valence-electron chi connectivity index (χ2n) is 6.61. The van der Waals surface area contributed by atoms with Gasteiger partial charge in [0.15, 0.2) is 5.65 Å². The first-order valence-corrected chi connectivity index (χ1v) is 9.21. The van der Waals surface area contributed by atoms with Crippen LogP contribution in [0.25, 0.3) is 27.8 Å². The lowest BCUT2D eigenvalue weighted by atomic mass is 10.1. The number of nitrogens with zero attached hydrogens (tertiary/aromatic N) is 4. The Morgan fingerprint density at radius 3 is 2.26 bits per heavy atom. The van der Waals surface area contributed by atoms with E-state index in [0.717, 1.165) is 54.4 Å². The van der Waals surface area contributed by atoms with Gasteiger partial charge in [-0.2, -0.15) is 0 Å². The van der Waals surface area contributed by atoms with E-state index in [-0.39, 0.29) is 0 Å². The van der Waals surface area contributed by atoms with Crippen LogP contribution in [0.1, 0.15) is 0 Å². The number of aromatic nitrogens is 3. The topological polar surface area (TPSA) is 43.2 Å². The summed E-state index contributed by atoms with van der Waals surface area (Å²) in [7, 11) is 0. The van der Waals surface area contributed by atoms with E-state index in [1.54, 1.807) is 6.33 Å². The second kappa shape index (κ2) is 6.85. The molecule has 0 radical (unpaired) electrons. The van der Waals surface area contributed by atoms with Gasteiger partial charge in [-0.05, 0) is 17.7 Å². The molecule has 0 amide bonds. The van der Waals surface area contributed by atoms with Crippen molar-refractivity contribution in [3.63, 3.8) is 0 Å². The van der Waals surface area contributed by atoms with E-state index < -0.39 is 0 Å². The van der Waals surface area contributed by atoms with E-state index in [1.165, 1.54) is 5.56 Å². The molecule has 0 aliphatic carbocycles. The molecule has 0 saturated carbocycles. The zero-order chi connectivity index (χ0) is 18.1. The zero-order valence-corrected chi connectivity index (χ0v) is 15.0. The van der Waals surface area contributed by atoms with Crippen molar-refractivity contribution in [1.82, 2.24) is 14.5 Å². The number of fused-ring (bicyclic) bond motifs is 1. The van der Waals surface area contributed by atoms with E-state index in [0.29, 0.717) is 0 Å². The summed E-state index contributed by atoms with van der Waals surface area (Å²) in [5, 5.41) is 1.09. The van der Waals surface area contributed by atoms with Gasteiger partial charge < -0.3 is 14.2 Å². The Morgan fingerprint density at radius 2 is 1.52 bits per heavy atom. The average Bonchev–Trinajstić information content (AvgIpc) is 3.15. The molecular formula is C22H20N4O. The van der Waals surface area contributed by atoms with Crippen LogP contribution >= 0.6 is 0 Å². The minimum atomic E-state index is 0.728. The van der Waals surface area contributed by atoms with Crippen molar-refractivity contribution in [3.8, 4) is 16.8 Å². The first-order chi connectivity index (χ1) is 13.4. The molecular weight excluding hydrogens is 336 g/mol. The van der Waals surface area contributed by atoms with Gasteiger partial charge in [-0.15, -0.1) is 0 Å². The van der Waals surface area contributed by atoms with Crippen LogP contribution < -0.4 is 4.90 Å². The van der Waals surface area contributed by atoms with Crippen LogP contribution in [-0.4, -0.2) is 40.8 Å². The molecule has 0 atom stereocenters. The zero-order valence-electron chi connectivity index (χ0n) is 15.0. The van der Waals surface area contributed by atoms with Crippen molar-refractivity contribution in [1.29, 1.82) is 0 Å². The minimum Gasteiger partial charge on any atom is -0.378 e. The Hall–Kier alpha value is -3.18. The highest BCUT2D eigenvalue weighted by Crippen LogP contribution is 2.36. The Kier molecular flexibility index (Phi) is 4.07. The Morgan fingerprint density at radius 1 is 0.815 bits per heavy atom. The van der Waals surface area contributed by atoms with Crippen LogP contribution in [0, 0.1) is 0 Å². The summed E-state index contributed by atoms with van der Waals surface area (Å²) in [4.78, 5) is 11.6. The molecule has 27 heavy (non-hydrogen) atoms. The number of rotatable bonds is 3. The van der Waals surface area contributed by atoms with Gasteiger partial charge in [0.25, 0.3) is 0 Å². The molecule has 1 fully saturated rings. The summed E-state index contributed by atoms with van der Waals surface area (Å²) in [6.45, 7) is 3.14. The van der Waals surface area contributed by atoms with E-state index in [4.69, 9.17) is 4.74 Å². The highest BCUT2D eigenvalue weighted by atomic mass is 16.5. The number of para-hydroxylation sites is 1. The lowest BCUT2D eigenvalue weighted by Crippen LogP contribution is -2.36. The fourth-order valence-corrected chi connectivity index (χ4v) is 3.68. The molecule has 1 aliphatic heterocycles. The Bertz CT molecular complexity index is 1050. The quantitative estimate of drug-likeness (QED) is 0.558. The molecule has 5 nitrogen and oxygen atoms in total. The van der Waals surface area contributed by atoms with Crippen LogP contribution in [0.3, 0.4) is 0 Å². The molecule has 1 aliphatic rings. The molecule has 4 aromatic rings. The van der Waals surface area contributed by atoms with E-state index in [2.05, 4.69) is 62.0 Å². The van der Waals surface area contributed by atoms with Gasteiger partial charge in [-0.3, -0.25) is 0 Å². The van der Waals surface area contributed by atoms with Gasteiger partial charge in [-0.1, -0.05) is 48.5 Å². The molecule has 2 aromatic heterocycles. The average molecular weight is 356 g/mol. The first-order valence-electron chi connectivity index (χ1n) is 9.21. The third-order valence-corrected chi connectivity index (χ3v) is 4.99. The van der Waals surface area contributed by atoms with Gasteiger partial charge in [0, 0.05) is 30.5 Å². The number of hydrogen-bond acceptors (Lipinski definition) is 4. The smallest absolute Gasteiger partial charge is 0.150 e. The number of benzene rings is 2. The van der Waals surface area contributed by atoms with E-state index in [9.17, 15) is 0 Å². The van der Waals surface area contributed by atoms with Crippen LogP contribution in [0.15, 0.2) is 73.2 Å². The third-order valence-electron chi connectivity index (χ3n) is 4.99. The predicted molar refractivity (Wildman–Crippen MR) is 107 cm³/mol. The van der Waals surface area contributed by atoms with Crippen molar-refractivity contribution < 1.29 is 4.74 Å². The minimum absolute atomic E-state index is 0.728. The van der Waals surface area contributed by atoms with E-state index >= 15 is 0 Å². The molecule has 0 unspecified atom stereocenters. The fourth-order valence-electron chi connectivity index (χ4n) is 3.68. The maximum atomic E-state index is 5.53. The van der Waals surface area contributed by atoms with Gasteiger partial charge in [-0.25, -0.2) is 9.97 Å². The summed E-state index contributed by atoms with van der Waals surface area (Å²) in [6, 6.07) is 20.8. The fraction of sp³-hybridized carbons (Fsp3) is 0.182. The van der Waals surface area contributed by atoms with Crippen LogP contribution in [0.2, 0.25) is 0 Å². The summed E-state index contributed by atoms with van der Waals surface area (Å²) < 4.78 is 7.69. The molecule has 5 rings (SSSR count). The molecule has 5 heteroatoms. The van der Waals surface area contributed by atoms with Crippen molar-refractivity contribution in [2.45, 2.75) is 0 Å². The molecule has 1 saturated heterocycles. The Labute approximate surface area is 157 Å². The van der Waals surface area contributed by atoms with Crippen LogP contribution in [-0.2, 0) is 4.74 Å². The molecule has 0 spiro atoms. The van der Waals surface area contributed by atoms with Gasteiger partial charge in [0.1, 0.15) is 12.1 Å². The largest absolute Gasteiger partial charge is 0.378 e. The van der Waals surface area contributed by atoms with Crippen LogP contribution in [0.5, 0.6) is 0 Å². The number of hydrogen-bond donors (Lipinski definition) is 0. The molecule has 2 aromatic carbocycles. The Balaban J connectivity index is 1.78. The summed E-state index contributed by atoms with van der Waals surface area (Å²) in [5.41, 5.74) is 4.34. The molecule has 3 heterocycles. The standard InChI is InChI=1S/C22H20N4O/c1-3-7-17(8-4-1)19-15-26(18-9-5-2-6-10-18)22-20(19)21(23-16-24-22)25-11-13-27-14-12-25/h1-10,15-16H,11-14H2. The van der Waals surface area contributed by atoms with Gasteiger partial charge in [0.2, 0.25) is 0 Å². The summed E-state index contributed by atoms with van der Waals surface area (Å²) in [5.74, 6) is 0.983. The number of ether oxygens (including phenoxy) is 1. The van der Waals surface area contributed by atoms with E-state index in [1.807, 2.05) is 24.3 Å². The van der Waals surface area contributed by atoms with Crippen molar-refractivity contribution in [2.24, 2.45) is 0 Å². The number of anilines is 1. The predicted octanol–water partition coefficient (Wildman–Crippen LogP) is 3.92. The lowest BCUT2D eigenvalue weighted by Gasteiger charge is -2.28. The highest BCUT2D eigenvalue weighted by Gasteiger charge is 2.22. The van der Waals surface area contributed by atoms with Crippen molar-refractivity contribution >= 4 is 16.9 Å². The second-order valence-corrected chi connectivity index (χ2v) is 6.61. The van der Waals surface area contributed by atoms with Gasteiger partial charge in [0.05, 0.1) is 18.6 Å². The maximum Gasteiger partial charge on any atom is 0.150 e. The number of morpholine rings is 1. The van der Waals surface area contributed by atoms with Gasteiger partial charge >= 0.3 is 0 Å². The lowest BCUT2D eigenvalue weighted by molar-refractivity contribution is 0.122. The normalized spacial score (nSPS) is 14.6. The van der Waals surface area contributed by atoms with Crippen molar-refractivity contribution in [3.05, 3.63) is 73.2 Å². The van der Waals surface area contributed by atoms with Crippen molar-refractivity contribution in [2.75, 3.05) is 31.2 Å². The first kappa shape index (κ1) is 16.0. The maximum absolute atomic E-state index is 5.53. The molecule has 0 N–H and O–H groups in total. The SMILES string of the molecule is c1ccc(-c2cn(-c3ccccc3)c3ncnc(N4CCOCC4)c23)cc1.